The number of fused-ring (bicyclic) bond motifs is 1. The van der Waals surface area contributed by atoms with E-state index < -0.39 is 0 Å². The molecule has 0 aliphatic heterocycles. The maximum absolute atomic E-state index is 12.6. The number of hydrogen-bond donors (Lipinski definition) is 1. The average Bonchev–Trinajstić information content (AvgIpc) is 3.16. The van der Waals surface area contributed by atoms with Crippen LogP contribution < -0.4 is 5.32 Å². The number of aryl methyl sites for hydroxylation is 3. The number of nitrogens with zero attached hydrogens (tertiary/aromatic N) is 1. The summed E-state index contributed by atoms with van der Waals surface area (Å²) in [5, 5.41) is 4.42. The van der Waals surface area contributed by atoms with Crippen LogP contribution >= 0.6 is 0 Å². The van der Waals surface area contributed by atoms with Gasteiger partial charge in [-0.3, -0.25) is 4.79 Å². The molecule has 3 heteroatoms. The highest BCUT2D eigenvalue weighted by molar-refractivity contribution is 5.85. The van der Waals surface area contributed by atoms with Crippen molar-refractivity contribution in [2.45, 2.75) is 52.1 Å². The third-order valence-corrected chi connectivity index (χ3v) is 6.21. The molecule has 32 heavy (non-hydrogen) atoms. The highest BCUT2D eigenvalue weighted by atomic mass is 16.1. The summed E-state index contributed by atoms with van der Waals surface area (Å²) in [6.45, 7) is 5.09. The van der Waals surface area contributed by atoms with Crippen molar-refractivity contribution in [1.82, 2.24) is 9.88 Å². The Bertz CT molecular complexity index is 1180. The van der Waals surface area contributed by atoms with Crippen molar-refractivity contribution < 1.29 is 4.79 Å². The molecule has 1 aromatic heterocycles. The molecule has 0 aliphatic rings. The zero-order valence-corrected chi connectivity index (χ0v) is 19.1. The molecule has 0 fully saturated rings. The Labute approximate surface area is 191 Å². The lowest BCUT2D eigenvalue weighted by Crippen LogP contribution is -2.33. The second kappa shape index (κ2) is 10.3. The Morgan fingerprint density at radius 2 is 1.59 bits per heavy atom. The number of benzene rings is 3. The first-order valence-corrected chi connectivity index (χ1v) is 11.5. The van der Waals surface area contributed by atoms with Crippen LogP contribution in [-0.2, 0) is 24.2 Å². The Kier molecular flexibility index (Phi) is 7.06. The summed E-state index contributed by atoms with van der Waals surface area (Å²) >= 11 is 0. The minimum Gasteiger partial charge on any atom is -0.354 e. The van der Waals surface area contributed by atoms with Crippen LogP contribution in [0.1, 0.15) is 42.0 Å². The van der Waals surface area contributed by atoms with Crippen LogP contribution in [0, 0.1) is 6.92 Å². The van der Waals surface area contributed by atoms with Crippen molar-refractivity contribution in [3.8, 4) is 0 Å². The Morgan fingerprint density at radius 3 is 2.41 bits per heavy atom. The minimum absolute atomic E-state index is 0.126. The van der Waals surface area contributed by atoms with Gasteiger partial charge in [-0.25, -0.2) is 0 Å². The van der Waals surface area contributed by atoms with Crippen LogP contribution in [0.25, 0.3) is 10.9 Å². The normalized spacial score (nSPS) is 12.1. The van der Waals surface area contributed by atoms with Crippen LogP contribution in [0.15, 0.2) is 85.1 Å². The third-order valence-electron chi connectivity index (χ3n) is 6.21. The van der Waals surface area contributed by atoms with Gasteiger partial charge in [0.05, 0.1) is 0 Å². The highest BCUT2D eigenvalue weighted by Gasteiger charge is 2.12. The summed E-state index contributed by atoms with van der Waals surface area (Å²) in [6, 6.07) is 27.6. The van der Waals surface area contributed by atoms with Gasteiger partial charge in [-0.1, -0.05) is 72.8 Å². The zero-order chi connectivity index (χ0) is 22.3. The number of para-hydroxylation sites is 1. The lowest BCUT2D eigenvalue weighted by Gasteiger charge is -2.14. The summed E-state index contributed by atoms with van der Waals surface area (Å²) in [4.78, 5) is 12.6. The minimum atomic E-state index is 0.126. The molecule has 1 heterocycles. The van der Waals surface area contributed by atoms with Crippen molar-refractivity contribution in [2.24, 2.45) is 0 Å². The summed E-state index contributed by atoms with van der Waals surface area (Å²) in [6.07, 6.45) is 5.41. The van der Waals surface area contributed by atoms with E-state index in [-0.39, 0.29) is 11.9 Å². The van der Waals surface area contributed by atoms with Gasteiger partial charge in [0.2, 0.25) is 5.91 Å². The van der Waals surface area contributed by atoms with Gasteiger partial charge in [-0.2, -0.15) is 0 Å². The average molecular weight is 425 g/mol. The van der Waals surface area contributed by atoms with Crippen LogP contribution in [-0.4, -0.2) is 16.5 Å². The van der Waals surface area contributed by atoms with Crippen molar-refractivity contribution >= 4 is 16.8 Å². The van der Waals surface area contributed by atoms with Crippen LogP contribution in [0.3, 0.4) is 0 Å². The van der Waals surface area contributed by atoms with Crippen molar-refractivity contribution in [3.63, 3.8) is 0 Å². The molecule has 4 rings (SSSR count). The van der Waals surface area contributed by atoms with Gasteiger partial charge >= 0.3 is 0 Å². The SMILES string of the molecule is Cc1ccccc1Cn1cc(CCC(=O)N[C@@H](C)CCc2ccccc2)c2ccccc21. The first-order valence-electron chi connectivity index (χ1n) is 11.5. The van der Waals surface area contributed by atoms with Crippen LogP contribution in [0.4, 0.5) is 0 Å². The smallest absolute Gasteiger partial charge is 0.220 e. The van der Waals surface area contributed by atoms with Gasteiger partial charge < -0.3 is 9.88 Å². The van der Waals surface area contributed by atoms with E-state index in [9.17, 15) is 4.79 Å². The number of carbonyl (C=O) groups is 1. The van der Waals surface area contributed by atoms with Gasteiger partial charge in [0.1, 0.15) is 0 Å². The molecule has 0 bridgehead atoms. The van der Waals surface area contributed by atoms with E-state index in [4.69, 9.17) is 0 Å². The van der Waals surface area contributed by atoms with E-state index >= 15 is 0 Å². The molecule has 0 aliphatic carbocycles. The monoisotopic (exact) mass is 424 g/mol. The number of amides is 1. The second-order valence-corrected chi connectivity index (χ2v) is 8.72. The highest BCUT2D eigenvalue weighted by Crippen LogP contribution is 2.24. The lowest BCUT2D eigenvalue weighted by atomic mass is 10.1. The summed E-state index contributed by atoms with van der Waals surface area (Å²) < 4.78 is 2.31. The van der Waals surface area contributed by atoms with E-state index in [1.54, 1.807) is 0 Å². The molecular formula is C29H32N2O. The fourth-order valence-electron chi connectivity index (χ4n) is 4.32. The molecule has 0 unspecified atom stereocenters. The van der Waals surface area contributed by atoms with Gasteiger partial charge in [-0.15, -0.1) is 0 Å². The molecule has 164 valence electrons. The third kappa shape index (κ3) is 5.47. The topological polar surface area (TPSA) is 34.0 Å². The quantitative estimate of drug-likeness (QED) is 0.348. The fraction of sp³-hybridized carbons (Fsp3) is 0.276. The van der Waals surface area contributed by atoms with Crippen LogP contribution in [0.5, 0.6) is 0 Å². The first kappa shape index (κ1) is 21.9. The number of aromatic nitrogens is 1. The number of rotatable bonds is 9. The molecule has 0 saturated heterocycles. The van der Waals surface area contributed by atoms with Gasteiger partial charge in [-0.05, 0) is 61.4 Å². The molecule has 3 aromatic carbocycles. The largest absolute Gasteiger partial charge is 0.354 e. The predicted molar refractivity (Wildman–Crippen MR) is 133 cm³/mol. The standard InChI is InChI=1S/C29H32N2O/c1-22-10-6-7-13-25(22)20-31-21-26(27-14-8-9-15-28(27)31)18-19-29(32)30-23(2)16-17-24-11-4-3-5-12-24/h3-15,21,23H,16-20H2,1-2H3,(H,30,32)/t23-/m0/s1. The molecule has 0 radical (unpaired) electrons. The van der Waals surface area contributed by atoms with Gasteiger partial charge in [0.15, 0.2) is 0 Å². The molecule has 3 nitrogen and oxygen atoms in total. The number of carbonyl (C=O) groups excluding carboxylic acids is 1. The van der Waals surface area contributed by atoms with Gasteiger partial charge in [0, 0.05) is 36.1 Å². The molecule has 0 saturated carbocycles. The summed E-state index contributed by atoms with van der Waals surface area (Å²) in [7, 11) is 0. The maximum atomic E-state index is 12.6. The van der Waals surface area contributed by atoms with Crippen molar-refractivity contribution in [1.29, 1.82) is 0 Å². The maximum Gasteiger partial charge on any atom is 0.220 e. The van der Waals surface area contributed by atoms with E-state index in [0.717, 1.165) is 25.8 Å². The summed E-state index contributed by atoms with van der Waals surface area (Å²) in [5.41, 5.74) is 6.40. The zero-order valence-electron chi connectivity index (χ0n) is 19.1. The second-order valence-electron chi connectivity index (χ2n) is 8.72. The fourth-order valence-corrected chi connectivity index (χ4v) is 4.32. The Morgan fingerprint density at radius 1 is 0.875 bits per heavy atom. The number of nitrogens with one attached hydrogen (secondary N) is 1. The first-order chi connectivity index (χ1) is 15.6. The predicted octanol–water partition coefficient (Wildman–Crippen LogP) is 6.07. The number of hydrogen-bond acceptors (Lipinski definition) is 1. The molecule has 1 N–H and O–H groups in total. The molecule has 4 aromatic rings. The summed E-state index contributed by atoms with van der Waals surface area (Å²) in [5.74, 6) is 0.126. The van der Waals surface area contributed by atoms with Crippen molar-refractivity contribution in [3.05, 3.63) is 107 Å². The molecule has 1 atom stereocenters. The van der Waals surface area contributed by atoms with E-state index in [2.05, 4.69) is 103 Å². The lowest BCUT2D eigenvalue weighted by molar-refractivity contribution is -0.121. The van der Waals surface area contributed by atoms with Crippen molar-refractivity contribution in [2.75, 3.05) is 0 Å². The van der Waals surface area contributed by atoms with E-state index in [1.165, 1.54) is 33.2 Å². The Hall–Kier alpha value is -3.33. The molecular weight excluding hydrogens is 392 g/mol. The molecule has 1 amide bonds. The Balaban J connectivity index is 1.37. The van der Waals surface area contributed by atoms with Crippen LogP contribution in [0.2, 0.25) is 0 Å². The van der Waals surface area contributed by atoms with Gasteiger partial charge in [0.25, 0.3) is 0 Å². The van der Waals surface area contributed by atoms with E-state index in [0.29, 0.717) is 6.42 Å². The van der Waals surface area contributed by atoms with E-state index in [1.807, 2.05) is 6.07 Å². The molecule has 0 spiro atoms.